The number of nitrogens with two attached hydrogens (primary N) is 1. The summed E-state index contributed by atoms with van der Waals surface area (Å²) in [6.07, 6.45) is -7.47. The molecule has 2 amide bonds. The summed E-state index contributed by atoms with van der Waals surface area (Å²) < 4.78 is 66.6. The van der Waals surface area contributed by atoms with Crippen molar-refractivity contribution in [3.05, 3.63) is 12.7 Å². The molecule has 2 aromatic heterocycles. The molecule has 29 nitrogen and oxygen atoms in total. The molecule has 0 aromatic carbocycles. The van der Waals surface area contributed by atoms with Crippen molar-refractivity contribution in [3.8, 4) is 0 Å². The Morgan fingerprint density at radius 2 is 1.64 bits per heavy atom. The summed E-state index contributed by atoms with van der Waals surface area (Å²) >= 11 is 0. The topological polar surface area (TPSA) is 444 Å². The lowest BCUT2D eigenvalue weighted by atomic mass is 9.87. The summed E-state index contributed by atoms with van der Waals surface area (Å²) in [7, 11) is -18.8. The van der Waals surface area contributed by atoms with Crippen LogP contribution in [0.3, 0.4) is 0 Å². The fraction of sp³-hybridized carbons (Fsp3) is 0.607. The number of ether oxygens (including phenoxy) is 2. The third-order valence-corrected chi connectivity index (χ3v) is 13.7. The second-order valence-electron chi connectivity index (χ2n) is 13.4. The van der Waals surface area contributed by atoms with Crippen LogP contribution in [-0.2, 0) is 69.8 Å². The molecule has 11 N–H and O–H groups in total. The lowest BCUT2D eigenvalue weighted by Gasteiger charge is -2.30. The summed E-state index contributed by atoms with van der Waals surface area (Å²) in [4.78, 5) is 122. The molecule has 33 heteroatoms. The molecular formula is C28H44N7O22P3S. The van der Waals surface area contributed by atoms with Crippen molar-refractivity contribution in [2.24, 2.45) is 5.41 Å². The number of nitrogens with zero attached hydrogens (tertiary/aromatic N) is 4. The van der Waals surface area contributed by atoms with Crippen molar-refractivity contribution in [2.45, 2.75) is 70.2 Å². The van der Waals surface area contributed by atoms with E-state index < -0.39 is 130 Å². The number of phosphoric ester groups is 3. The van der Waals surface area contributed by atoms with Crippen LogP contribution >= 0.6 is 34.4 Å². The summed E-state index contributed by atoms with van der Waals surface area (Å²) in [5.41, 5.74) is 2.15. The van der Waals surface area contributed by atoms with Gasteiger partial charge in [-0.15, -0.1) is 10.9 Å². The zero-order valence-electron chi connectivity index (χ0n) is 32.3. The van der Waals surface area contributed by atoms with Crippen LogP contribution in [0.25, 0.3) is 11.2 Å². The van der Waals surface area contributed by atoms with Gasteiger partial charge in [-0.2, -0.15) is 4.31 Å². The number of nitrogens with one attached hydrogen (secondary N) is 2. The molecule has 5 unspecified atom stereocenters. The lowest BCUT2D eigenvalue weighted by Crippen LogP contribution is -2.46. The van der Waals surface area contributed by atoms with Gasteiger partial charge in [0.1, 0.15) is 36.3 Å². The highest BCUT2D eigenvalue weighted by atomic mass is 32.2. The number of ketones is 1. The van der Waals surface area contributed by atoms with Gasteiger partial charge in [0.15, 0.2) is 22.8 Å². The maximum atomic E-state index is 12.7. The Labute approximate surface area is 346 Å². The molecule has 1 saturated heterocycles. The number of carboxylic acid groups (broad SMARTS) is 1. The number of nitrogen functional groups attached to an aromatic ring is 1. The van der Waals surface area contributed by atoms with E-state index in [0.29, 0.717) is 0 Å². The van der Waals surface area contributed by atoms with Crippen molar-refractivity contribution < 1.29 is 105 Å². The molecule has 3 heterocycles. The lowest BCUT2D eigenvalue weighted by molar-refractivity contribution is -0.161. The number of carboxylic acids is 1. The second kappa shape index (κ2) is 21.0. The molecule has 0 aliphatic carbocycles. The highest BCUT2D eigenvalue weighted by Crippen LogP contribution is 2.61. The van der Waals surface area contributed by atoms with E-state index in [1.165, 1.54) is 13.8 Å². The number of carbonyl (C=O) groups is 6. The predicted molar refractivity (Wildman–Crippen MR) is 202 cm³/mol. The van der Waals surface area contributed by atoms with Gasteiger partial charge in [-0.05, 0) is 0 Å². The van der Waals surface area contributed by atoms with Gasteiger partial charge >= 0.3 is 35.4 Å². The number of imidazole rings is 1. The maximum Gasteiger partial charge on any atom is 0.481 e. The molecule has 0 bridgehead atoms. The van der Waals surface area contributed by atoms with Crippen LogP contribution in [0, 0.1) is 5.41 Å². The summed E-state index contributed by atoms with van der Waals surface area (Å²) in [5, 5.41) is 34.8. The van der Waals surface area contributed by atoms with Crippen molar-refractivity contribution in [3.63, 3.8) is 0 Å². The number of carbonyl (C=O) groups excluding carboxylic acids is 5. The van der Waals surface area contributed by atoms with Crippen LogP contribution in [0.4, 0.5) is 5.82 Å². The van der Waals surface area contributed by atoms with Crippen LogP contribution in [0.1, 0.15) is 40.3 Å². The number of anilines is 1. The van der Waals surface area contributed by atoms with E-state index in [2.05, 4.69) is 39.2 Å². The van der Waals surface area contributed by atoms with Gasteiger partial charge in [0.05, 0.1) is 19.5 Å². The van der Waals surface area contributed by atoms with Gasteiger partial charge < -0.3 is 60.7 Å². The van der Waals surface area contributed by atoms with E-state index in [1.54, 1.807) is 0 Å². The Bertz CT molecular complexity index is 2120. The number of hydrogen-bond acceptors (Lipinski definition) is 21. The molecule has 1 aliphatic heterocycles. The van der Waals surface area contributed by atoms with Crippen molar-refractivity contribution in [2.75, 3.05) is 37.8 Å². The SMILES string of the molecule is CC(=O)C(=O)OC(C(=O)O)[SH](CCNC(=O)CCNC(=O)C(O)C(C)(C)COP(=O)(O)OP(=O)(O)OC[C@H]1O[C@@H](n2cnc3c(N)ncnc32)[C@H](O)[C@@H]1OP(=O)(O)O)C(C)=O. The van der Waals surface area contributed by atoms with E-state index >= 15 is 0 Å². The third kappa shape index (κ3) is 14.9. The highest BCUT2D eigenvalue weighted by molar-refractivity contribution is 8.30. The molecule has 9 atom stereocenters. The minimum atomic E-state index is -5.64. The number of hydrogen-bond donors (Lipinski definition) is 11. The molecule has 3 rings (SSSR count). The Morgan fingerprint density at radius 3 is 2.23 bits per heavy atom. The number of aliphatic hydroxyl groups excluding tert-OH is 2. The highest BCUT2D eigenvalue weighted by Gasteiger charge is 2.50. The number of fused-ring (bicyclic) bond motifs is 1. The summed E-state index contributed by atoms with van der Waals surface area (Å²) in [6, 6.07) is 0. The smallest absolute Gasteiger partial charge is 0.478 e. The number of aliphatic carboxylic acids is 1. The van der Waals surface area contributed by atoms with E-state index in [0.717, 1.165) is 31.1 Å². The average molecular weight is 956 g/mol. The average Bonchev–Trinajstić information content (AvgIpc) is 3.70. The zero-order chi connectivity index (χ0) is 46.2. The molecule has 0 spiro atoms. The molecule has 344 valence electrons. The number of Topliss-reactive ketones (excluding diaryl/α,β-unsaturated/α-hetero) is 1. The summed E-state index contributed by atoms with van der Waals surface area (Å²) in [6.45, 7) is 1.45. The predicted octanol–water partition coefficient (Wildman–Crippen LogP) is -2.50. The Hall–Kier alpha value is -3.83. The van der Waals surface area contributed by atoms with Crippen LogP contribution in [0.15, 0.2) is 12.7 Å². The minimum Gasteiger partial charge on any atom is -0.478 e. The van der Waals surface area contributed by atoms with Gasteiger partial charge in [-0.3, -0.25) is 37.3 Å². The fourth-order valence-corrected chi connectivity index (χ4v) is 9.68. The Morgan fingerprint density at radius 1 is 1.00 bits per heavy atom. The van der Waals surface area contributed by atoms with Gasteiger partial charge in [0.25, 0.3) is 0 Å². The van der Waals surface area contributed by atoms with Crippen LogP contribution < -0.4 is 16.4 Å². The number of amides is 2. The Kier molecular flexibility index (Phi) is 17.8. The second-order valence-corrected chi connectivity index (χ2v) is 20.2. The fourth-order valence-electron chi connectivity index (χ4n) is 5.13. The van der Waals surface area contributed by atoms with Gasteiger partial charge in [-0.1, -0.05) is 13.8 Å². The van der Waals surface area contributed by atoms with E-state index in [9.17, 15) is 77.4 Å². The quantitative estimate of drug-likeness (QED) is 0.0237. The van der Waals surface area contributed by atoms with Crippen LogP contribution in [0.2, 0.25) is 0 Å². The van der Waals surface area contributed by atoms with E-state index in [4.69, 9.17) is 19.5 Å². The summed E-state index contributed by atoms with van der Waals surface area (Å²) in [5.74, 6) is -6.34. The number of esters is 1. The zero-order valence-corrected chi connectivity index (χ0v) is 35.8. The molecular weight excluding hydrogens is 911 g/mol. The van der Waals surface area contributed by atoms with E-state index in [-0.39, 0.29) is 35.8 Å². The largest absolute Gasteiger partial charge is 0.481 e. The van der Waals surface area contributed by atoms with E-state index in [1.807, 2.05) is 0 Å². The third-order valence-electron chi connectivity index (χ3n) is 8.16. The van der Waals surface area contributed by atoms with Gasteiger partial charge in [-0.25, -0.2) is 38.2 Å². The molecule has 2 aromatic rings. The van der Waals surface area contributed by atoms with Crippen molar-refractivity contribution >= 4 is 86.0 Å². The minimum absolute atomic E-state index is 0.00122. The van der Waals surface area contributed by atoms with Crippen LogP contribution in [-0.4, -0.2) is 151 Å². The molecule has 1 aliphatic rings. The van der Waals surface area contributed by atoms with Gasteiger partial charge in [0, 0.05) is 44.5 Å². The van der Waals surface area contributed by atoms with Crippen molar-refractivity contribution in [1.29, 1.82) is 0 Å². The molecule has 1 fully saturated rings. The van der Waals surface area contributed by atoms with Crippen LogP contribution in [0.5, 0.6) is 0 Å². The number of phosphoric acid groups is 3. The monoisotopic (exact) mass is 955 g/mol. The molecule has 0 saturated carbocycles. The van der Waals surface area contributed by atoms with Crippen molar-refractivity contribution in [1.82, 2.24) is 30.2 Å². The van der Waals surface area contributed by atoms with Gasteiger partial charge in [0.2, 0.25) is 23.0 Å². The number of aliphatic hydroxyl groups is 2. The molecule has 61 heavy (non-hydrogen) atoms. The maximum absolute atomic E-state index is 12.7. The normalized spacial score (nSPS) is 22.0. The first-order valence-corrected chi connectivity index (χ1v) is 23.3. The number of rotatable bonds is 23. The Balaban J connectivity index is 1.51. The number of aromatic nitrogens is 4. The first-order chi connectivity index (χ1) is 28.1. The first kappa shape index (κ1) is 51.5. The number of thiol groups is 1. The first-order valence-electron chi connectivity index (χ1n) is 17.2. The standard InChI is InChI=1S/C28H44N7O22P3S/c1-13(36)26(44)55-27(25(42)43)61(14(2)37)8-7-30-16(38)5-6-31-23(41)20(40)28(3,4)10-53-60(50,51)57-59(48,49)52-9-15-19(56-58(45,46)47)18(39)24(54-15)35-12-34-17-21(29)32-11-33-22(17)35/h11-12,15,18-20,24,27,39-40,61H,5-10H2,1-4H3,(H,30,38)(H,31,41)(H,42,43)(H,48,49)(H,50,51)(H2,29,32,33)(H2,45,46,47)/t15-,18-,19-,20?,24-,27?/m1/s1. The molecule has 0 radical (unpaired) electrons.